The zero-order chi connectivity index (χ0) is 14.3. The Balaban J connectivity index is 2.31. The highest BCUT2D eigenvalue weighted by atomic mass is 19.1. The first kappa shape index (κ1) is 12.8. The van der Waals surface area contributed by atoms with E-state index in [4.69, 9.17) is 5.73 Å². The number of primary amides is 1. The average Bonchev–Trinajstić information content (AvgIpc) is 2.71. The van der Waals surface area contributed by atoms with Gasteiger partial charge in [0.15, 0.2) is 5.82 Å². The van der Waals surface area contributed by atoms with Crippen molar-refractivity contribution in [3.05, 3.63) is 41.4 Å². The van der Waals surface area contributed by atoms with Gasteiger partial charge < -0.3 is 10.3 Å². The van der Waals surface area contributed by atoms with Crippen molar-refractivity contribution in [3.8, 4) is 11.3 Å². The second-order valence-corrected chi connectivity index (χ2v) is 4.80. The van der Waals surface area contributed by atoms with Crippen LogP contribution in [0.3, 0.4) is 0 Å². The monoisotopic (exact) mass is 277 g/mol. The molecule has 1 aliphatic rings. The van der Waals surface area contributed by atoms with Crippen molar-refractivity contribution in [3.63, 3.8) is 0 Å². The molecule has 2 N–H and O–H groups in total. The van der Waals surface area contributed by atoms with Crippen LogP contribution in [0.15, 0.2) is 18.3 Å². The molecule has 0 aliphatic carbocycles. The lowest BCUT2D eigenvalue weighted by Gasteiger charge is -2.18. The summed E-state index contributed by atoms with van der Waals surface area (Å²) in [6.45, 7) is 0.545. The number of fused-ring (bicyclic) bond motifs is 1. The van der Waals surface area contributed by atoms with E-state index in [0.717, 1.165) is 12.8 Å². The number of nitrogens with zero attached hydrogens (tertiary/aromatic N) is 2. The van der Waals surface area contributed by atoms with Gasteiger partial charge in [-0.25, -0.2) is 9.37 Å². The summed E-state index contributed by atoms with van der Waals surface area (Å²) >= 11 is 0. The van der Waals surface area contributed by atoms with E-state index in [9.17, 15) is 13.6 Å². The summed E-state index contributed by atoms with van der Waals surface area (Å²) in [5, 5.41) is 0. The normalized spacial score (nSPS) is 14.1. The third kappa shape index (κ3) is 1.79. The number of carbonyl (C=O) groups excluding carboxylic acids is 1. The molecule has 0 atom stereocenters. The predicted molar refractivity (Wildman–Crippen MR) is 69.0 cm³/mol. The lowest BCUT2D eigenvalue weighted by Crippen LogP contribution is -2.17. The first-order valence-corrected chi connectivity index (χ1v) is 6.42. The Morgan fingerprint density at radius 3 is 2.85 bits per heavy atom. The Bertz CT molecular complexity index is 694. The molecule has 0 spiro atoms. The van der Waals surface area contributed by atoms with Gasteiger partial charge in [0.05, 0.1) is 16.8 Å². The molecule has 3 heterocycles. The third-order valence-electron chi connectivity index (χ3n) is 3.62. The number of aromatic nitrogens is 2. The fourth-order valence-electron chi connectivity index (χ4n) is 2.78. The molecule has 0 aromatic carbocycles. The summed E-state index contributed by atoms with van der Waals surface area (Å²) in [5.74, 6) is -2.32. The van der Waals surface area contributed by atoms with Crippen LogP contribution in [0.1, 0.15) is 28.9 Å². The van der Waals surface area contributed by atoms with Crippen molar-refractivity contribution in [2.45, 2.75) is 25.8 Å². The van der Waals surface area contributed by atoms with Crippen LogP contribution in [0.4, 0.5) is 8.78 Å². The molecular weight excluding hydrogens is 264 g/mol. The molecule has 0 radical (unpaired) electrons. The Morgan fingerprint density at radius 2 is 2.15 bits per heavy atom. The fourth-order valence-corrected chi connectivity index (χ4v) is 2.78. The van der Waals surface area contributed by atoms with Gasteiger partial charge in [0, 0.05) is 18.4 Å². The largest absolute Gasteiger partial charge is 0.365 e. The third-order valence-corrected chi connectivity index (χ3v) is 3.62. The highest BCUT2D eigenvalue weighted by Crippen LogP contribution is 2.34. The summed E-state index contributed by atoms with van der Waals surface area (Å²) in [5.41, 5.74) is 5.82. The van der Waals surface area contributed by atoms with E-state index >= 15 is 0 Å². The fraction of sp³-hybridized carbons (Fsp3) is 0.286. The SMILES string of the molecule is NC(=O)c1c(F)c(-c2cccnc2F)n2c1CCCC2. The van der Waals surface area contributed by atoms with Crippen LogP contribution >= 0.6 is 0 Å². The zero-order valence-electron chi connectivity index (χ0n) is 10.7. The van der Waals surface area contributed by atoms with Gasteiger partial charge in [0.2, 0.25) is 5.95 Å². The van der Waals surface area contributed by atoms with Gasteiger partial charge in [-0.15, -0.1) is 0 Å². The van der Waals surface area contributed by atoms with Crippen LogP contribution in [0.5, 0.6) is 0 Å². The van der Waals surface area contributed by atoms with Crippen molar-refractivity contribution in [1.29, 1.82) is 0 Å². The highest BCUT2D eigenvalue weighted by Gasteiger charge is 2.29. The van der Waals surface area contributed by atoms with Crippen LogP contribution in [-0.2, 0) is 13.0 Å². The predicted octanol–water partition coefficient (Wildman–Crippen LogP) is 2.26. The van der Waals surface area contributed by atoms with Gasteiger partial charge >= 0.3 is 0 Å². The number of halogens is 2. The van der Waals surface area contributed by atoms with Crippen LogP contribution in [0.2, 0.25) is 0 Å². The maximum absolute atomic E-state index is 14.6. The lowest BCUT2D eigenvalue weighted by atomic mass is 10.1. The van der Waals surface area contributed by atoms with Crippen LogP contribution < -0.4 is 5.73 Å². The minimum absolute atomic E-state index is 0.0562. The maximum atomic E-state index is 14.6. The molecule has 0 unspecified atom stereocenters. The van der Waals surface area contributed by atoms with Crippen LogP contribution in [0.25, 0.3) is 11.3 Å². The molecule has 0 fully saturated rings. The van der Waals surface area contributed by atoms with Crippen molar-refractivity contribution < 1.29 is 13.6 Å². The van der Waals surface area contributed by atoms with E-state index in [-0.39, 0.29) is 16.8 Å². The molecule has 4 nitrogen and oxygen atoms in total. The van der Waals surface area contributed by atoms with Gasteiger partial charge in [0.25, 0.3) is 5.91 Å². The Kier molecular flexibility index (Phi) is 3.00. The summed E-state index contributed by atoms with van der Waals surface area (Å²) < 4.78 is 30.0. The quantitative estimate of drug-likeness (QED) is 0.856. The molecular formula is C14H13F2N3O. The second kappa shape index (κ2) is 4.70. The molecule has 0 saturated heterocycles. The molecule has 2 aromatic rings. The average molecular weight is 277 g/mol. The molecule has 0 bridgehead atoms. The zero-order valence-corrected chi connectivity index (χ0v) is 10.7. The van der Waals surface area contributed by atoms with Crippen molar-refractivity contribution in [1.82, 2.24) is 9.55 Å². The molecule has 20 heavy (non-hydrogen) atoms. The Hall–Kier alpha value is -2.24. The van der Waals surface area contributed by atoms with E-state index in [2.05, 4.69) is 4.98 Å². The van der Waals surface area contributed by atoms with Gasteiger partial charge in [-0.2, -0.15) is 4.39 Å². The van der Waals surface area contributed by atoms with E-state index < -0.39 is 17.7 Å². The first-order valence-electron chi connectivity index (χ1n) is 6.42. The second-order valence-electron chi connectivity index (χ2n) is 4.80. The molecule has 1 amide bonds. The topological polar surface area (TPSA) is 60.9 Å². The smallest absolute Gasteiger partial charge is 0.253 e. The number of hydrogen-bond acceptors (Lipinski definition) is 2. The molecule has 0 saturated carbocycles. The van der Waals surface area contributed by atoms with Crippen molar-refractivity contribution in [2.24, 2.45) is 5.73 Å². The van der Waals surface area contributed by atoms with E-state index in [0.29, 0.717) is 18.7 Å². The minimum atomic E-state index is -0.816. The molecule has 6 heteroatoms. The van der Waals surface area contributed by atoms with Crippen molar-refractivity contribution in [2.75, 3.05) is 0 Å². The maximum Gasteiger partial charge on any atom is 0.253 e. The van der Waals surface area contributed by atoms with Gasteiger partial charge in [-0.1, -0.05) is 0 Å². The van der Waals surface area contributed by atoms with Crippen LogP contribution in [0, 0.1) is 11.8 Å². The van der Waals surface area contributed by atoms with Crippen molar-refractivity contribution >= 4 is 5.91 Å². The molecule has 2 aromatic heterocycles. The van der Waals surface area contributed by atoms with Gasteiger partial charge in [-0.3, -0.25) is 4.79 Å². The van der Waals surface area contributed by atoms with E-state index in [1.54, 1.807) is 4.57 Å². The number of rotatable bonds is 2. The number of carbonyl (C=O) groups is 1. The number of nitrogens with two attached hydrogens (primary N) is 1. The molecule has 104 valence electrons. The van der Waals surface area contributed by atoms with E-state index in [1.165, 1.54) is 18.3 Å². The highest BCUT2D eigenvalue weighted by molar-refractivity contribution is 5.96. The minimum Gasteiger partial charge on any atom is -0.365 e. The Labute approximate surface area is 114 Å². The van der Waals surface area contributed by atoms with Gasteiger partial charge in [-0.05, 0) is 31.4 Å². The summed E-state index contributed by atoms with van der Waals surface area (Å²) in [6.07, 6.45) is 3.58. The lowest BCUT2D eigenvalue weighted by molar-refractivity contribution is 0.0995. The van der Waals surface area contributed by atoms with Crippen LogP contribution in [-0.4, -0.2) is 15.5 Å². The first-order chi connectivity index (χ1) is 9.61. The summed E-state index contributed by atoms with van der Waals surface area (Å²) in [4.78, 5) is 15.0. The number of pyridine rings is 1. The molecule has 3 rings (SSSR count). The van der Waals surface area contributed by atoms with E-state index in [1.807, 2.05) is 0 Å². The molecule has 1 aliphatic heterocycles. The number of amides is 1. The van der Waals surface area contributed by atoms with Gasteiger partial charge in [0.1, 0.15) is 0 Å². The summed E-state index contributed by atoms with van der Waals surface area (Å²) in [7, 11) is 0. The number of hydrogen-bond donors (Lipinski definition) is 1. The standard InChI is InChI=1S/C14H13F2N3O/c15-11-10(14(17)20)9-5-1-2-7-19(9)12(11)8-4-3-6-18-13(8)16/h3-4,6H,1-2,5,7H2,(H2,17,20). The summed E-state index contributed by atoms with van der Waals surface area (Å²) in [6, 6.07) is 2.98. The Morgan fingerprint density at radius 1 is 1.35 bits per heavy atom.